The molecule has 2 aromatic carbocycles. The van der Waals surface area contributed by atoms with Crippen LogP contribution in [-0.4, -0.2) is 16.4 Å². The maximum absolute atomic E-state index is 8.63. The number of hydrogen-bond acceptors (Lipinski definition) is 5. The summed E-state index contributed by atoms with van der Waals surface area (Å²) in [7, 11) is 0. The molecule has 0 aliphatic carbocycles. The summed E-state index contributed by atoms with van der Waals surface area (Å²) in [4.78, 5) is 8.33. The van der Waals surface area contributed by atoms with Gasteiger partial charge >= 0.3 is 103 Å². The first-order chi connectivity index (χ1) is 8.52. The predicted molar refractivity (Wildman–Crippen MR) is 61.6 cm³/mol. The molecule has 0 unspecified atom stereocenters. The van der Waals surface area contributed by atoms with Gasteiger partial charge in [0.25, 0.3) is 0 Å². The average Bonchev–Trinajstić information content (AvgIpc) is 2.31. The molecule has 7 heteroatoms. The van der Waals surface area contributed by atoms with E-state index in [0.717, 1.165) is 0 Å². The maximum Gasteiger partial charge on any atom is 1.00 e. The van der Waals surface area contributed by atoms with Gasteiger partial charge in [-0.2, -0.15) is 0 Å². The second-order valence-electron chi connectivity index (χ2n) is 2.92. The van der Waals surface area contributed by atoms with Crippen LogP contribution in [0.5, 0.6) is 11.5 Å². The van der Waals surface area contributed by atoms with Crippen molar-refractivity contribution in [1.29, 1.82) is 0 Å². The Hall–Kier alpha value is 0.583. The second kappa shape index (κ2) is 17.6. The van der Waals surface area contributed by atoms with Gasteiger partial charge in [-0.05, 0) is 30.4 Å². The quantitative estimate of drug-likeness (QED) is 0.470. The molecule has 0 radical (unpaired) electrons. The minimum atomic E-state index is -2.33. The molecule has 2 aromatic rings. The van der Waals surface area contributed by atoms with Gasteiger partial charge in [0.15, 0.2) is 0 Å². The maximum atomic E-state index is 8.63. The first-order valence-electron chi connectivity index (χ1n) is 4.88. The molecule has 5 nitrogen and oxygen atoms in total. The number of rotatable bonds is 0. The van der Waals surface area contributed by atoms with Crippen LogP contribution in [0.4, 0.5) is 4.79 Å². The van der Waals surface area contributed by atoms with Crippen molar-refractivity contribution in [2.24, 2.45) is 0 Å². The summed E-state index contributed by atoms with van der Waals surface area (Å²) in [5.41, 5.74) is 0. The van der Waals surface area contributed by atoms with Crippen molar-refractivity contribution in [2.45, 2.75) is 0 Å². The molecule has 20 heavy (non-hydrogen) atoms. The number of phenols is 2. The van der Waals surface area contributed by atoms with Gasteiger partial charge < -0.3 is 25.2 Å². The Morgan fingerprint density at radius 1 is 0.700 bits per heavy atom. The van der Waals surface area contributed by atoms with Crippen molar-refractivity contribution in [3.8, 4) is 11.5 Å². The molecule has 2 N–H and O–H groups in total. The van der Waals surface area contributed by atoms with E-state index >= 15 is 0 Å². The average molecular weight is 326 g/mol. The van der Waals surface area contributed by atoms with Gasteiger partial charge in [0.05, 0.1) is 0 Å². The summed E-state index contributed by atoms with van der Waals surface area (Å²) in [5.74, 6) is 0.644. The first kappa shape index (κ1) is 25.5. The Balaban J connectivity index is -0.000000215. The Morgan fingerprint density at radius 2 is 0.900 bits per heavy atom. The van der Waals surface area contributed by atoms with Gasteiger partial charge in [0, 0.05) is 0 Å². The fourth-order valence-corrected chi connectivity index (χ4v) is 0.856. The number of aromatic hydroxyl groups is 2. The zero-order chi connectivity index (χ0) is 13.8. The van der Waals surface area contributed by atoms with E-state index in [9.17, 15) is 0 Å². The molecule has 0 aliphatic heterocycles. The molecule has 96 valence electrons. The van der Waals surface area contributed by atoms with Crippen molar-refractivity contribution >= 4 is 6.16 Å². The fourth-order valence-electron chi connectivity index (χ4n) is 0.856. The Bertz CT molecular complexity index is 396. The van der Waals surface area contributed by atoms with Gasteiger partial charge in [0.2, 0.25) is 0 Å². The molecule has 0 fully saturated rings. The van der Waals surface area contributed by atoms with E-state index in [2.05, 4.69) is 0 Å². The van der Waals surface area contributed by atoms with E-state index < -0.39 is 6.16 Å². The smallest absolute Gasteiger partial charge is 0.652 e. The Kier molecular flexibility index (Phi) is 22.5. The van der Waals surface area contributed by atoms with E-state index in [1.165, 1.54) is 0 Å². The SMILES string of the molecule is O=C([O-])[O-].Oc1ccccc1.Oc1ccccc1.[K+].[K+]. The monoisotopic (exact) mass is 326 g/mol. The topological polar surface area (TPSA) is 104 Å². The van der Waals surface area contributed by atoms with Gasteiger partial charge in [-0.25, -0.2) is 0 Å². The molecule has 0 atom stereocenters. The van der Waals surface area contributed by atoms with Crippen LogP contribution in [-0.2, 0) is 0 Å². The summed E-state index contributed by atoms with van der Waals surface area (Å²) in [6.07, 6.45) is -2.33. The van der Waals surface area contributed by atoms with E-state index in [0.29, 0.717) is 11.5 Å². The summed E-state index contributed by atoms with van der Waals surface area (Å²) in [6, 6.07) is 17.4. The largest absolute Gasteiger partial charge is 1.00 e. The summed E-state index contributed by atoms with van der Waals surface area (Å²) < 4.78 is 0. The van der Waals surface area contributed by atoms with Crippen LogP contribution in [0, 0.1) is 0 Å². The van der Waals surface area contributed by atoms with Crippen LogP contribution in [0.25, 0.3) is 0 Å². The van der Waals surface area contributed by atoms with Gasteiger partial charge in [-0.15, -0.1) is 0 Å². The summed E-state index contributed by atoms with van der Waals surface area (Å²) in [6.45, 7) is 0. The predicted octanol–water partition coefficient (Wildman–Crippen LogP) is -5.65. The molecule has 0 heterocycles. The molecule has 0 spiro atoms. The fraction of sp³-hybridized carbons (Fsp3) is 0. The van der Waals surface area contributed by atoms with Gasteiger partial charge in [0.1, 0.15) is 11.5 Å². The van der Waals surface area contributed by atoms with E-state index in [1.54, 1.807) is 48.5 Å². The normalized spacial score (nSPS) is 7.20. The number of carbonyl (C=O) groups excluding carboxylic acids is 1. The summed E-state index contributed by atoms with van der Waals surface area (Å²) >= 11 is 0. The van der Waals surface area contributed by atoms with E-state index in [4.69, 9.17) is 25.2 Å². The first-order valence-corrected chi connectivity index (χ1v) is 4.88. The van der Waals surface area contributed by atoms with Crippen molar-refractivity contribution < 1.29 is 128 Å². The standard InChI is InChI=1S/2C6H6O.CH2O3.2K/c2*7-6-4-2-1-3-5-6;2-1(3)4;;/h2*1-5,7H;(H2,2,3,4);;/q;;;2*+1/p-2. The molecule has 0 saturated heterocycles. The zero-order valence-electron chi connectivity index (χ0n) is 11.4. The third kappa shape index (κ3) is 20.9. The molecule has 2 rings (SSSR count). The van der Waals surface area contributed by atoms with Crippen LogP contribution < -0.4 is 113 Å². The van der Waals surface area contributed by atoms with E-state index in [-0.39, 0.29) is 103 Å². The minimum absolute atomic E-state index is 0. The van der Waals surface area contributed by atoms with Gasteiger partial charge in [-0.1, -0.05) is 36.4 Å². The Labute approximate surface area is 202 Å². The summed E-state index contributed by atoms with van der Waals surface area (Å²) in [5, 5.41) is 33.9. The molecule has 0 bridgehead atoms. The van der Waals surface area contributed by atoms with Crippen molar-refractivity contribution in [1.82, 2.24) is 0 Å². The van der Waals surface area contributed by atoms with Gasteiger partial charge in [-0.3, -0.25) is 0 Å². The third-order valence-electron chi connectivity index (χ3n) is 1.51. The minimum Gasteiger partial charge on any atom is -0.652 e. The number of para-hydroxylation sites is 2. The number of carboxylic acid groups (broad SMARTS) is 2. The van der Waals surface area contributed by atoms with Crippen molar-refractivity contribution in [2.75, 3.05) is 0 Å². The third-order valence-corrected chi connectivity index (χ3v) is 1.51. The van der Waals surface area contributed by atoms with Crippen LogP contribution >= 0.6 is 0 Å². The van der Waals surface area contributed by atoms with E-state index in [1.807, 2.05) is 12.1 Å². The van der Waals surface area contributed by atoms with Crippen LogP contribution in [0.3, 0.4) is 0 Å². The number of carbonyl (C=O) groups is 1. The number of benzene rings is 2. The molecular formula is C13H12K2O5. The molecule has 0 saturated carbocycles. The second-order valence-corrected chi connectivity index (χ2v) is 2.92. The molecule has 0 aromatic heterocycles. The van der Waals surface area contributed by atoms with Crippen molar-refractivity contribution in [3.05, 3.63) is 60.7 Å². The van der Waals surface area contributed by atoms with Crippen LogP contribution in [0.1, 0.15) is 0 Å². The Morgan fingerprint density at radius 3 is 1.00 bits per heavy atom. The molecular weight excluding hydrogens is 314 g/mol. The zero-order valence-corrected chi connectivity index (χ0v) is 17.6. The van der Waals surface area contributed by atoms with Crippen LogP contribution in [0.2, 0.25) is 0 Å². The van der Waals surface area contributed by atoms with Crippen LogP contribution in [0.15, 0.2) is 60.7 Å². The van der Waals surface area contributed by atoms with Crippen molar-refractivity contribution in [3.63, 3.8) is 0 Å². The number of phenolic OH excluding ortho intramolecular Hbond substituents is 2. The molecule has 0 aliphatic rings. The number of hydrogen-bond donors (Lipinski definition) is 2. The molecule has 0 amide bonds.